The Balaban J connectivity index is 2.68. The number of amides is 2. The van der Waals surface area contributed by atoms with Crippen LogP contribution in [-0.4, -0.2) is 37.4 Å². The Morgan fingerprint density at radius 2 is 2.06 bits per heavy atom. The predicted molar refractivity (Wildman–Crippen MR) is 74.5 cm³/mol. The molecule has 0 atom stereocenters. The molecule has 0 spiro atoms. The topological polar surface area (TPSA) is 49.4 Å². The largest absolute Gasteiger partial charge is 0.359 e. The number of carbonyl (C=O) groups excluding carboxylic acids is 2. The molecule has 1 aromatic carbocycles. The molecule has 5 heteroatoms. The summed E-state index contributed by atoms with van der Waals surface area (Å²) >= 11 is 3.40. The second-order valence-corrected chi connectivity index (χ2v) is 4.97. The average molecular weight is 313 g/mol. The van der Waals surface area contributed by atoms with E-state index >= 15 is 0 Å². The van der Waals surface area contributed by atoms with Gasteiger partial charge in [-0.25, -0.2) is 0 Å². The van der Waals surface area contributed by atoms with Crippen molar-refractivity contribution in [1.82, 2.24) is 10.2 Å². The van der Waals surface area contributed by atoms with Crippen LogP contribution < -0.4 is 5.32 Å². The number of nitrogens with zero attached hydrogens (tertiary/aromatic N) is 1. The van der Waals surface area contributed by atoms with Gasteiger partial charge in [0.1, 0.15) is 0 Å². The summed E-state index contributed by atoms with van der Waals surface area (Å²) in [4.78, 5) is 24.7. The average Bonchev–Trinajstić information content (AvgIpc) is 2.37. The van der Waals surface area contributed by atoms with Crippen molar-refractivity contribution in [2.45, 2.75) is 13.3 Å². The highest BCUT2D eigenvalue weighted by Gasteiger charge is 2.13. The number of carbonyl (C=O) groups is 2. The first kappa shape index (κ1) is 14.7. The van der Waals surface area contributed by atoms with Gasteiger partial charge in [-0.3, -0.25) is 9.59 Å². The third-order valence-electron chi connectivity index (χ3n) is 2.72. The quantitative estimate of drug-likeness (QED) is 0.924. The molecule has 1 aromatic rings. The van der Waals surface area contributed by atoms with Crippen LogP contribution in [0.4, 0.5) is 0 Å². The van der Waals surface area contributed by atoms with Gasteiger partial charge in [-0.2, -0.15) is 0 Å². The molecule has 4 nitrogen and oxygen atoms in total. The van der Waals surface area contributed by atoms with Crippen LogP contribution in [0.5, 0.6) is 0 Å². The first-order valence-electron chi connectivity index (χ1n) is 5.68. The second kappa shape index (κ2) is 6.54. The lowest BCUT2D eigenvalue weighted by molar-refractivity contribution is -0.120. The van der Waals surface area contributed by atoms with E-state index in [4.69, 9.17) is 0 Å². The van der Waals surface area contributed by atoms with Crippen molar-refractivity contribution in [3.05, 3.63) is 33.8 Å². The van der Waals surface area contributed by atoms with E-state index in [0.29, 0.717) is 18.5 Å². The Hall–Kier alpha value is -1.36. The summed E-state index contributed by atoms with van der Waals surface area (Å²) in [5.74, 6) is -0.153. The van der Waals surface area contributed by atoms with Gasteiger partial charge in [0.05, 0.1) is 0 Å². The Morgan fingerprint density at radius 3 is 2.61 bits per heavy atom. The van der Waals surface area contributed by atoms with Crippen molar-refractivity contribution >= 4 is 27.7 Å². The summed E-state index contributed by atoms with van der Waals surface area (Å²) in [5.41, 5.74) is 1.70. The molecule has 18 heavy (non-hydrogen) atoms. The van der Waals surface area contributed by atoms with Crippen LogP contribution in [0, 0.1) is 6.92 Å². The van der Waals surface area contributed by atoms with Gasteiger partial charge in [0.2, 0.25) is 5.91 Å². The molecule has 0 bridgehead atoms. The Labute approximate surface area is 115 Å². The van der Waals surface area contributed by atoms with Crippen molar-refractivity contribution < 1.29 is 9.59 Å². The zero-order valence-corrected chi connectivity index (χ0v) is 12.4. The van der Waals surface area contributed by atoms with Gasteiger partial charge in [-0.05, 0) is 24.6 Å². The number of benzene rings is 1. The van der Waals surface area contributed by atoms with Crippen LogP contribution in [0.3, 0.4) is 0 Å². The van der Waals surface area contributed by atoms with Crippen LogP contribution in [0.15, 0.2) is 22.7 Å². The normalized spacial score (nSPS) is 10.0. The van der Waals surface area contributed by atoms with Crippen LogP contribution in [-0.2, 0) is 4.79 Å². The van der Waals surface area contributed by atoms with E-state index in [0.717, 1.165) is 10.0 Å². The lowest BCUT2D eigenvalue weighted by Gasteiger charge is -2.17. The molecule has 0 fully saturated rings. The van der Waals surface area contributed by atoms with E-state index < -0.39 is 0 Å². The zero-order chi connectivity index (χ0) is 13.7. The van der Waals surface area contributed by atoms with Crippen LogP contribution in [0.2, 0.25) is 0 Å². The molecular formula is C13H17BrN2O2. The molecule has 1 N–H and O–H groups in total. The third kappa shape index (κ3) is 3.84. The number of hydrogen-bond acceptors (Lipinski definition) is 2. The van der Waals surface area contributed by atoms with Gasteiger partial charge < -0.3 is 10.2 Å². The molecule has 1 rings (SSSR count). The molecule has 0 unspecified atom stereocenters. The molecule has 98 valence electrons. The highest BCUT2D eigenvalue weighted by molar-refractivity contribution is 9.10. The van der Waals surface area contributed by atoms with Gasteiger partial charge in [-0.1, -0.05) is 22.0 Å². The van der Waals surface area contributed by atoms with Crippen molar-refractivity contribution in [1.29, 1.82) is 0 Å². The number of aryl methyl sites for hydroxylation is 1. The first-order valence-corrected chi connectivity index (χ1v) is 6.47. The Bertz CT molecular complexity index is 460. The van der Waals surface area contributed by atoms with Gasteiger partial charge >= 0.3 is 0 Å². The zero-order valence-electron chi connectivity index (χ0n) is 10.8. The standard InChI is InChI=1S/C13H17BrN2O2/c1-9-4-5-10(8-11(9)14)13(18)16(3)7-6-12(17)15-2/h4-5,8H,6-7H2,1-3H3,(H,15,17). The highest BCUT2D eigenvalue weighted by Crippen LogP contribution is 2.18. The SMILES string of the molecule is CNC(=O)CCN(C)C(=O)c1ccc(C)c(Br)c1. The smallest absolute Gasteiger partial charge is 0.253 e. The lowest BCUT2D eigenvalue weighted by atomic mass is 10.1. The third-order valence-corrected chi connectivity index (χ3v) is 3.57. The maximum absolute atomic E-state index is 12.1. The molecule has 0 aliphatic heterocycles. The maximum atomic E-state index is 12.1. The van der Waals surface area contributed by atoms with E-state index in [1.165, 1.54) is 0 Å². The van der Waals surface area contributed by atoms with Crippen molar-refractivity contribution in [2.75, 3.05) is 20.6 Å². The molecular weight excluding hydrogens is 296 g/mol. The minimum atomic E-state index is -0.0837. The number of rotatable bonds is 4. The van der Waals surface area contributed by atoms with Crippen LogP contribution in [0.1, 0.15) is 22.3 Å². The molecule has 0 aliphatic carbocycles. The van der Waals surface area contributed by atoms with Gasteiger partial charge in [-0.15, -0.1) is 0 Å². The highest BCUT2D eigenvalue weighted by atomic mass is 79.9. The van der Waals surface area contributed by atoms with Gasteiger partial charge in [0, 0.05) is 37.1 Å². The van der Waals surface area contributed by atoms with E-state index in [9.17, 15) is 9.59 Å². The van der Waals surface area contributed by atoms with Crippen molar-refractivity contribution in [3.63, 3.8) is 0 Å². The van der Waals surface area contributed by atoms with E-state index in [-0.39, 0.29) is 11.8 Å². The Morgan fingerprint density at radius 1 is 1.39 bits per heavy atom. The van der Waals surface area contributed by atoms with E-state index in [1.54, 1.807) is 31.1 Å². The van der Waals surface area contributed by atoms with E-state index in [2.05, 4.69) is 21.2 Å². The van der Waals surface area contributed by atoms with Crippen molar-refractivity contribution in [2.24, 2.45) is 0 Å². The summed E-state index contributed by atoms with van der Waals surface area (Å²) in [7, 11) is 3.28. The summed E-state index contributed by atoms with van der Waals surface area (Å²) in [5, 5.41) is 2.53. The lowest BCUT2D eigenvalue weighted by Crippen LogP contribution is -2.31. The van der Waals surface area contributed by atoms with Gasteiger partial charge in [0.25, 0.3) is 5.91 Å². The maximum Gasteiger partial charge on any atom is 0.253 e. The molecule has 0 saturated heterocycles. The fraction of sp³-hybridized carbons (Fsp3) is 0.385. The van der Waals surface area contributed by atoms with E-state index in [1.807, 2.05) is 13.0 Å². The molecule has 0 aliphatic rings. The summed E-state index contributed by atoms with van der Waals surface area (Å²) in [6.07, 6.45) is 0.311. The number of hydrogen-bond donors (Lipinski definition) is 1. The fourth-order valence-corrected chi connectivity index (χ4v) is 1.82. The monoisotopic (exact) mass is 312 g/mol. The molecule has 0 radical (unpaired) electrons. The number of halogens is 1. The van der Waals surface area contributed by atoms with Crippen molar-refractivity contribution in [3.8, 4) is 0 Å². The summed E-state index contributed by atoms with van der Waals surface area (Å²) in [6, 6.07) is 5.48. The molecule has 0 aromatic heterocycles. The molecule has 0 heterocycles. The van der Waals surface area contributed by atoms with Crippen LogP contribution in [0.25, 0.3) is 0 Å². The van der Waals surface area contributed by atoms with Gasteiger partial charge in [0.15, 0.2) is 0 Å². The summed E-state index contributed by atoms with van der Waals surface area (Å²) in [6.45, 7) is 2.37. The molecule has 2 amide bonds. The predicted octanol–water partition coefficient (Wildman–Crippen LogP) is 1.97. The van der Waals surface area contributed by atoms with Crippen LogP contribution >= 0.6 is 15.9 Å². The Kier molecular flexibility index (Phi) is 5.34. The minimum Gasteiger partial charge on any atom is -0.359 e. The summed E-state index contributed by atoms with van der Waals surface area (Å²) < 4.78 is 0.910. The second-order valence-electron chi connectivity index (χ2n) is 4.11. The number of nitrogens with one attached hydrogen (secondary N) is 1. The minimum absolute atomic E-state index is 0.0697. The fourth-order valence-electron chi connectivity index (χ4n) is 1.44. The molecule has 0 saturated carbocycles. The first-order chi connectivity index (χ1) is 8.45.